The molecule has 0 saturated carbocycles. The summed E-state index contributed by atoms with van der Waals surface area (Å²) < 4.78 is 1.95. The van der Waals surface area contributed by atoms with Crippen molar-refractivity contribution in [1.82, 2.24) is 15.1 Å². The Morgan fingerprint density at radius 2 is 2.06 bits per heavy atom. The van der Waals surface area contributed by atoms with Gasteiger partial charge in [-0.05, 0) is 34.1 Å². The Hall–Kier alpha value is -0.870. The molecule has 0 saturated heterocycles. The molecule has 92 valence electrons. The van der Waals surface area contributed by atoms with Gasteiger partial charge >= 0.3 is 0 Å². The molecule has 4 heteroatoms. The lowest BCUT2D eigenvalue weighted by Gasteiger charge is -2.14. The van der Waals surface area contributed by atoms with Crippen molar-refractivity contribution in [1.29, 1.82) is 0 Å². The smallest absolute Gasteiger partial charge is 0.0534 e. The fraction of sp³-hybridized carbons (Fsp3) is 0.750. The molecule has 0 aliphatic carbocycles. The average Bonchev–Trinajstić information content (AvgIpc) is 2.61. The van der Waals surface area contributed by atoms with Crippen LogP contribution in [0.3, 0.4) is 0 Å². The Bertz CT molecular complexity index is 307. The SMILES string of the molecule is CC(O)CC(C)NCc1cnn(C(C)C)c1. The lowest BCUT2D eigenvalue weighted by Crippen LogP contribution is -2.28. The highest BCUT2D eigenvalue weighted by Crippen LogP contribution is 2.06. The molecule has 0 fully saturated rings. The maximum atomic E-state index is 9.24. The van der Waals surface area contributed by atoms with E-state index in [9.17, 15) is 5.11 Å². The van der Waals surface area contributed by atoms with Gasteiger partial charge in [0.1, 0.15) is 0 Å². The Morgan fingerprint density at radius 1 is 1.38 bits per heavy atom. The maximum Gasteiger partial charge on any atom is 0.0534 e. The molecule has 2 atom stereocenters. The summed E-state index contributed by atoms with van der Waals surface area (Å²) >= 11 is 0. The number of hydrogen-bond donors (Lipinski definition) is 2. The van der Waals surface area contributed by atoms with E-state index in [-0.39, 0.29) is 6.10 Å². The average molecular weight is 225 g/mol. The van der Waals surface area contributed by atoms with Crippen LogP contribution in [-0.2, 0) is 6.54 Å². The second-order valence-electron chi connectivity index (χ2n) is 4.79. The van der Waals surface area contributed by atoms with E-state index < -0.39 is 0 Å². The van der Waals surface area contributed by atoms with Gasteiger partial charge in [-0.25, -0.2) is 0 Å². The number of nitrogens with one attached hydrogen (secondary N) is 1. The first kappa shape index (κ1) is 13.2. The first-order chi connectivity index (χ1) is 7.49. The van der Waals surface area contributed by atoms with Gasteiger partial charge in [0.2, 0.25) is 0 Å². The van der Waals surface area contributed by atoms with Gasteiger partial charge in [-0.3, -0.25) is 4.68 Å². The van der Waals surface area contributed by atoms with Crippen LogP contribution < -0.4 is 5.32 Å². The molecule has 1 heterocycles. The van der Waals surface area contributed by atoms with Crippen LogP contribution >= 0.6 is 0 Å². The fourth-order valence-corrected chi connectivity index (χ4v) is 1.64. The molecule has 0 aliphatic heterocycles. The standard InChI is InChI=1S/C12H23N3O/c1-9(2)15-8-12(7-14-15)6-13-10(3)5-11(4)16/h7-11,13,16H,5-6H2,1-4H3. The Labute approximate surface area is 97.7 Å². The highest BCUT2D eigenvalue weighted by atomic mass is 16.3. The summed E-state index contributed by atoms with van der Waals surface area (Å²) in [6, 6.07) is 0.728. The first-order valence-electron chi connectivity index (χ1n) is 5.93. The molecule has 1 rings (SSSR count). The molecule has 0 amide bonds. The number of rotatable bonds is 6. The molecule has 2 N–H and O–H groups in total. The molecule has 0 aromatic carbocycles. The van der Waals surface area contributed by atoms with Crippen LogP contribution in [-0.4, -0.2) is 27.0 Å². The van der Waals surface area contributed by atoms with Crippen molar-refractivity contribution < 1.29 is 5.11 Å². The van der Waals surface area contributed by atoms with Crippen LogP contribution in [0.15, 0.2) is 12.4 Å². The molecular formula is C12H23N3O. The van der Waals surface area contributed by atoms with Crippen molar-refractivity contribution in [2.45, 2.75) is 58.8 Å². The third kappa shape index (κ3) is 4.33. The summed E-state index contributed by atoms with van der Waals surface area (Å²) in [7, 11) is 0. The number of aliphatic hydroxyl groups excluding tert-OH is 1. The van der Waals surface area contributed by atoms with E-state index in [0.717, 1.165) is 13.0 Å². The molecule has 2 unspecified atom stereocenters. The fourth-order valence-electron chi connectivity index (χ4n) is 1.64. The second-order valence-corrected chi connectivity index (χ2v) is 4.79. The summed E-state index contributed by atoms with van der Waals surface area (Å²) in [5.74, 6) is 0. The van der Waals surface area contributed by atoms with Crippen LogP contribution in [0, 0.1) is 0 Å². The van der Waals surface area contributed by atoms with E-state index >= 15 is 0 Å². The quantitative estimate of drug-likeness (QED) is 0.775. The van der Waals surface area contributed by atoms with Crippen LogP contribution in [0.2, 0.25) is 0 Å². The molecule has 1 aromatic rings. The monoisotopic (exact) mass is 225 g/mol. The maximum absolute atomic E-state index is 9.24. The summed E-state index contributed by atoms with van der Waals surface area (Å²) in [5.41, 5.74) is 1.19. The van der Waals surface area contributed by atoms with Crippen LogP contribution in [0.4, 0.5) is 0 Å². The zero-order valence-electron chi connectivity index (χ0n) is 10.6. The van der Waals surface area contributed by atoms with Gasteiger partial charge in [-0.15, -0.1) is 0 Å². The third-order valence-corrected chi connectivity index (χ3v) is 2.53. The van der Waals surface area contributed by atoms with Gasteiger partial charge in [0.25, 0.3) is 0 Å². The molecule has 1 aromatic heterocycles. The van der Waals surface area contributed by atoms with Crippen molar-refractivity contribution in [3.63, 3.8) is 0 Å². The number of nitrogens with zero attached hydrogens (tertiary/aromatic N) is 2. The zero-order chi connectivity index (χ0) is 12.1. The van der Waals surface area contributed by atoms with Gasteiger partial charge < -0.3 is 10.4 Å². The number of hydrogen-bond acceptors (Lipinski definition) is 3. The normalized spacial score (nSPS) is 15.4. The lowest BCUT2D eigenvalue weighted by atomic mass is 10.1. The predicted molar refractivity (Wildman–Crippen MR) is 65.2 cm³/mol. The molecule has 0 radical (unpaired) electrons. The summed E-state index contributed by atoms with van der Waals surface area (Å²) in [6.07, 6.45) is 4.48. The Morgan fingerprint density at radius 3 is 2.56 bits per heavy atom. The van der Waals surface area contributed by atoms with E-state index in [0.29, 0.717) is 12.1 Å². The largest absolute Gasteiger partial charge is 0.393 e. The minimum atomic E-state index is -0.249. The second kappa shape index (κ2) is 6.01. The van der Waals surface area contributed by atoms with Gasteiger partial charge in [0, 0.05) is 30.4 Å². The van der Waals surface area contributed by atoms with Crippen molar-refractivity contribution in [2.24, 2.45) is 0 Å². The molecule has 0 spiro atoms. The number of aliphatic hydroxyl groups is 1. The minimum Gasteiger partial charge on any atom is -0.393 e. The predicted octanol–water partition coefficient (Wildman–Crippen LogP) is 1.71. The Kier molecular flexibility index (Phi) is 4.96. The van der Waals surface area contributed by atoms with E-state index in [1.54, 1.807) is 0 Å². The van der Waals surface area contributed by atoms with E-state index in [1.807, 2.05) is 17.8 Å². The summed E-state index contributed by atoms with van der Waals surface area (Å²) in [5, 5.41) is 16.9. The van der Waals surface area contributed by atoms with Crippen molar-refractivity contribution >= 4 is 0 Å². The lowest BCUT2D eigenvalue weighted by molar-refractivity contribution is 0.170. The van der Waals surface area contributed by atoms with E-state index in [2.05, 4.69) is 37.4 Å². The van der Waals surface area contributed by atoms with E-state index in [1.165, 1.54) is 5.56 Å². The first-order valence-corrected chi connectivity index (χ1v) is 5.93. The minimum absolute atomic E-state index is 0.249. The molecule has 0 bridgehead atoms. The Balaban J connectivity index is 2.36. The van der Waals surface area contributed by atoms with Crippen molar-refractivity contribution in [3.05, 3.63) is 18.0 Å². The van der Waals surface area contributed by atoms with Gasteiger partial charge in [-0.2, -0.15) is 5.10 Å². The van der Waals surface area contributed by atoms with Crippen LogP contribution in [0.1, 0.15) is 45.7 Å². The highest BCUT2D eigenvalue weighted by molar-refractivity contribution is 5.04. The molecule has 4 nitrogen and oxygen atoms in total. The van der Waals surface area contributed by atoms with Gasteiger partial charge in [-0.1, -0.05) is 0 Å². The number of aromatic nitrogens is 2. The third-order valence-electron chi connectivity index (χ3n) is 2.53. The molecule has 16 heavy (non-hydrogen) atoms. The van der Waals surface area contributed by atoms with Crippen molar-refractivity contribution in [3.8, 4) is 0 Å². The molecule has 0 aliphatic rings. The van der Waals surface area contributed by atoms with Crippen LogP contribution in [0.5, 0.6) is 0 Å². The van der Waals surface area contributed by atoms with Crippen molar-refractivity contribution in [2.75, 3.05) is 0 Å². The van der Waals surface area contributed by atoms with E-state index in [4.69, 9.17) is 0 Å². The van der Waals surface area contributed by atoms with Gasteiger partial charge in [0.15, 0.2) is 0 Å². The summed E-state index contributed by atoms with van der Waals surface area (Å²) in [4.78, 5) is 0. The highest BCUT2D eigenvalue weighted by Gasteiger charge is 2.06. The van der Waals surface area contributed by atoms with Gasteiger partial charge in [0.05, 0.1) is 12.3 Å². The molecular weight excluding hydrogens is 202 g/mol. The zero-order valence-corrected chi connectivity index (χ0v) is 10.6. The van der Waals surface area contributed by atoms with Crippen LogP contribution in [0.25, 0.3) is 0 Å². The summed E-state index contributed by atoms with van der Waals surface area (Å²) in [6.45, 7) is 8.93. The topological polar surface area (TPSA) is 50.1 Å².